The van der Waals surface area contributed by atoms with Crippen LogP contribution in [0, 0.1) is 13.8 Å². The van der Waals surface area contributed by atoms with Crippen LogP contribution in [-0.2, 0) is 6.54 Å². The molecular formula is C15H18N2O. The van der Waals surface area contributed by atoms with Crippen LogP contribution in [0.15, 0.2) is 36.5 Å². The summed E-state index contributed by atoms with van der Waals surface area (Å²) < 4.78 is 5.81. The van der Waals surface area contributed by atoms with Crippen LogP contribution in [0.4, 0.5) is 0 Å². The number of rotatable bonds is 4. The van der Waals surface area contributed by atoms with E-state index in [0.29, 0.717) is 5.88 Å². The Morgan fingerprint density at radius 3 is 2.72 bits per heavy atom. The average molecular weight is 242 g/mol. The zero-order valence-electron chi connectivity index (χ0n) is 11.0. The molecule has 3 nitrogen and oxygen atoms in total. The Morgan fingerprint density at radius 1 is 1.17 bits per heavy atom. The minimum atomic E-state index is 0.634. The average Bonchev–Trinajstić information content (AvgIpc) is 2.34. The van der Waals surface area contributed by atoms with Crippen molar-refractivity contribution in [1.29, 1.82) is 0 Å². The third kappa shape index (κ3) is 3.08. The van der Waals surface area contributed by atoms with Crippen molar-refractivity contribution in [3.63, 3.8) is 0 Å². The molecule has 0 aliphatic carbocycles. The number of nitrogens with zero attached hydrogens (tertiary/aromatic N) is 1. The van der Waals surface area contributed by atoms with E-state index in [4.69, 9.17) is 4.74 Å². The summed E-state index contributed by atoms with van der Waals surface area (Å²) in [5.74, 6) is 1.49. The molecule has 2 rings (SSSR count). The van der Waals surface area contributed by atoms with Gasteiger partial charge in [-0.3, -0.25) is 0 Å². The summed E-state index contributed by atoms with van der Waals surface area (Å²) in [5.41, 5.74) is 3.51. The second-order valence-corrected chi connectivity index (χ2v) is 4.40. The topological polar surface area (TPSA) is 34.2 Å². The first-order chi connectivity index (χ1) is 8.69. The second kappa shape index (κ2) is 5.65. The van der Waals surface area contributed by atoms with Crippen molar-refractivity contribution in [2.45, 2.75) is 20.4 Å². The fraction of sp³-hybridized carbons (Fsp3) is 0.267. The first kappa shape index (κ1) is 12.6. The van der Waals surface area contributed by atoms with Crippen LogP contribution in [0.1, 0.15) is 16.7 Å². The molecule has 1 heterocycles. The monoisotopic (exact) mass is 242 g/mol. The summed E-state index contributed by atoms with van der Waals surface area (Å²) in [7, 11) is 1.92. The fourth-order valence-electron chi connectivity index (χ4n) is 1.85. The van der Waals surface area contributed by atoms with Gasteiger partial charge in [-0.25, -0.2) is 4.98 Å². The molecule has 2 aromatic rings. The molecule has 0 amide bonds. The van der Waals surface area contributed by atoms with Crippen LogP contribution in [0.3, 0.4) is 0 Å². The molecule has 0 spiro atoms. The largest absolute Gasteiger partial charge is 0.439 e. The van der Waals surface area contributed by atoms with E-state index in [9.17, 15) is 0 Å². The van der Waals surface area contributed by atoms with E-state index in [1.807, 2.05) is 38.2 Å². The molecule has 1 aromatic carbocycles. The molecule has 0 unspecified atom stereocenters. The number of pyridine rings is 1. The van der Waals surface area contributed by atoms with Crippen molar-refractivity contribution >= 4 is 0 Å². The zero-order valence-corrected chi connectivity index (χ0v) is 11.0. The summed E-state index contributed by atoms with van der Waals surface area (Å²) in [6.45, 7) is 4.92. The number of aryl methyl sites for hydroxylation is 2. The van der Waals surface area contributed by atoms with Gasteiger partial charge in [-0.2, -0.15) is 0 Å². The van der Waals surface area contributed by atoms with Crippen molar-refractivity contribution in [3.8, 4) is 11.6 Å². The molecule has 18 heavy (non-hydrogen) atoms. The highest BCUT2D eigenvalue weighted by Crippen LogP contribution is 2.24. The normalized spacial score (nSPS) is 10.4. The van der Waals surface area contributed by atoms with Crippen LogP contribution >= 0.6 is 0 Å². The molecule has 0 atom stereocenters. The molecular weight excluding hydrogens is 224 g/mol. The van der Waals surface area contributed by atoms with E-state index in [1.165, 1.54) is 5.56 Å². The first-order valence-electron chi connectivity index (χ1n) is 6.03. The standard InChI is InChI=1S/C15H18N2O/c1-11-4-5-14(12(2)8-11)18-15-9-13(10-16-3)6-7-17-15/h4-9,16H,10H2,1-3H3. The van der Waals surface area contributed by atoms with Crippen molar-refractivity contribution in [2.75, 3.05) is 7.05 Å². The maximum absolute atomic E-state index is 5.81. The van der Waals surface area contributed by atoms with Crippen molar-refractivity contribution in [3.05, 3.63) is 53.2 Å². The highest BCUT2D eigenvalue weighted by atomic mass is 16.5. The van der Waals surface area contributed by atoms with Gasteiger partial charge < -0.3 is 10.1 Å². The van der Waals surface area contributed by atoms with Gasteiger partial charge in [-0.05, 0) is 44.2 Å². The van der Waals surface area contributed by atoms with Gasteiger partial charge in [0, 0.05) is 18.8 Å². The molecule has 0 fully saturated rings. The lowest BCUT2D eigenvalue weighted by Crippen LogP contribution is -2.05. The van der Waals surface area contributed by atoms with E-state index in [-0.39, 0.29) is 0 Å². The number of nitrogens with one attached hydrogen (secondary N) is 1. The Kier molecular flexibility index (Phi) is 3.95. The van der Waals surface area contributed by atoms with Crippen LogP contribution < -0.4 is 10.1 Å². The van der Waals surface area contributed by atoms with Gasteiger partial charge in [-0.1, -0.05) is 17.7 Å². The number of ether oxygens (including phenoxy) is 1. The smallest absolute Gasteiger partial charge is 0.219 e. The molecule has 0 radical (unpaired) electrons. The predicted molar refractivity (Wildman–Crippen MR) is 73.0 cm³/mol. The highest BCUT2D eigenvalue weighted by molar-refractivity contribution is 5.38. The van der Waals surface area contributed by atoms with E-state index >= 15 is 0 Å². The van der Waals surface area contributed by atoms with Gasteiger partial charge in [0.05, 0.1) is 0 Å². The fourth-order valence-corrected chi connectivity index (χ4v) is 1.85. The number of hydrogen-bond donors (Lipinski definition) is 1. The minimum absolute atomic E-state index is 0.634. The maximum Gasteiger partial charge on any atom is 0.219 e. The van der Waals surface area contributed by atoms with Crippen LogP contribution in [0.25, 0.3) is 0 Å². The quantitative estimate of drug-likeness (QED) is 0.894. The summed E-state index contributed by atoms with van der Waals surface area (Å²) in [4.78, 5) is 4.23. The molecule has 1 N–H and O–H groups in total. The SMILES string of the molecule is CNCc1ccnc(Oc2ccc(C)cc2C)c1. The highest BCUT2D eigenvalue weighted by Gasteiger charge is 2.03. The molecule has 3 heteroatoms. The Hall–Kier alpha value is -1.87. The third-order valence-electron chi connectivity index (χ3n) is 2.73. The summed E-state index contributed by atoms with van der Waals surface area (Å²) >= 11 is 0. The maximum atomic E-state index is 5.81. The molecule has 94 valence electrons. The Balaban J connectivity index is 2.20. The van der Waals surface area contributed by atoms with E-state index in [1.54, 1.807) is 6.20 Å². The zero-order chi connectivity index (χ0) is 13.0. The lowest BCUT2D eigenvalue weighted by Gasteiger charge is -2.09. The van der Waals surface area contributed by atoms with Gasteiger partial charge in [0.15, 0.2) is 0 Å². The Morgan fingerprint density at radius 2 is 2.00 bits per heavy atom. The molecule has 0 saturated carbocycles. The van der Waals surface area contributed by atoms with Gasteiger partial charge in [0.25, 0.3) is 0 Å². The van der Waals surface area contributed by atoms with Gasteiger partial charge in [0.1, 0.15) is 5.75 Å². The number of hydrogen-bond acceptors (Lipinski definition) is 3. The van der Waals surface area contributed by atoms with E-state index < -0.39 is 0 Å². The van der Waals surface area contributed by atoms with Crippen molar-refractivity contribution in [1.82, 2.24) is 10.3 Å². The van der Waals surface area contributed by atoms with Crippen LogP contribution in [-0.4, -0.2) is 12.0 Å². The van der Waals surface area contributed by atoms with Gasteiger partial charge in [-0.15, -0.1) is 0 Å². The number of aromatic nitrogens is 1. The molecule has 0 bridgehead atoms. The van der Waals surface area contributed by atoms with Gasteiger partial charge in [0.2, 0.25) is 5.88 Å². The Labute approximate surface area is 108 Å². The summed E-state index contributed by atoms with van der Waals surface area (Å²) in [6.07, 6.45) is 1.77. The van der Waals surface area contributed by atoms with Crippen LogP contribution in [0.5, 0.6) is 11.6 Å². The Bertz CT molecular complexity index is 538. The lowest BCUT2D eigenvalue weighted by molar-refractivity contribution is 0.458. The van der Waals surface area contributed by atoms with Crippen molar-refractivity contribution < 1.29 is 4.74 Å². The van der Waals surface area contributed by atoms with Gasteiger partial charge >= 0.3 is 0 Å². The molecule has 0 saturated heterocycles. The summed E-state index contributed by atoms with van der Waals surface area (Å²) in [5, 5.41) is 3.11. The third-order valence-corrected chi connectivity index (χ3v) is 2.73. The molecule has 0 aliphatic heterocycles. The van der Waals surface area contributed by atoms with E-state index in [0.717, 1.165) is 23.4 Å². The minimum Gasteiger partial charge on any atom is -0.439 e. The summed E-state index contributed by atoms with van der Waals surface area (Å²) in [6, 6.07) is 10.1. The van der Waals surface area contributed by atoms with Crippen LogP contribution in [0.2, 0.25) is 0 Å². The predicted octanol–water partition coefficient (Wildman–Crippen LogP) is 3.21. The first-order valence-corrected chi connectivity index (χ1v) is 6.03. The van der Waals surface area contributed by atoms with E-state index in [2.05, 4.69) is 23.3 Å². The van der Waals surface area contributed by atoms with Crippen molar-refractivity contribution in [2.24, 2.45) is 0 Å². The molecule has 1 aromatic heterocycles. The lowest BCUT2D eigenvalue weighted by atomic mass is 10.1. The molecule has 0 aliphatic rings. The number of benzene rings is 1. The second-order valence-electron chi connectivity index (χ2n) is 4.40.